The second-order valence-electron chi connectivity index (χ2n) is 4.66. The zero-order valence-electron chi connectivity index (χ0n) is 11.2. The van der Waals surface area contributed by atoms with Gasteiger partial charge in [-0.1, -0.05) is 0 Å². The van der Waals surface area contributed by atoms with E-state index in [-0.39, 0.29) is 11.9 Å². The molecule has 2 aromatic rings. The van der Waals surface area contributed by atoms with E-state index in [4.69, 9.17) is 10.5 Å². The van der Waals surface area contributed by atoms with E-state index < -0.39 is 0 Å². The molecule has 102 valence electrons. The summed E-state index contributed by atoms with van der Waals surface area (Å²) in [6.07, 6.45) is 2.50. The van der Waals surface area contributed by atoms with Gasteiger partial charge in [-0.2, -0.15) is 0 Å². The van der Waals surface area contributed by atoms with Gasteiger partial charge in [0.2, 0.25) is 0 Å². The van der Waals surface area contributed by atoms with Crippen LogP contribution in [0.5, 0.6) is 0 Å². The molecule has 0 aliphatic carbocycles. The molecule has 2 rings (SSSR count). The third kappa shape index (κ3) is 3.06. The number of nitrogens with two attached hydrogens (primary N) is 1. The molecule has 0 fully saturated rings. The molecule has 1 aromatic carbocycles. The predicted molar refractivity (Wildman–Crippen MR) is 76.1 cm³/mol. The highest BCUT2D eigenvalue weighted by Gasteiger charge is 2.14. The molecule has 0 spiro atoms. The van der Waals surface area contributed by atoms with E-state index in [0.717, 1.165) is 17.3 Å². The average Bonchev–Trinajstić information content (AvgIpc) is 2.79. The summed E-state index contributed by atoms with van der Waals surface area (Å²) in [5, 5.41) is 3.83. The highest BCUT2D eigenvalue weighted by molar-refractivity contribution is 6.07. The molecule has 5 nitrogen and oxygen atoms in total. The topological polar surface area (TPSA) is 80.1 Å². The molecule has 0 saturated heterocycles. The molecular formula is C14H19N3O2. The predicted octanol–water partition coefficient (Wildman–Crippen LogP) is 1.90. The smallest absolute Gasteiger partial charge is 0.253 e. The van der Waals surface area contributed by atoms with Crippen molar-refractivity contribution in [3.8, 4) is 0 Å². The molecule has 1 heterocycles. The van der Waals surface area contributed by atoms with Gasteiger partial charge in [-0.3, -0.25) is 4.79 Å². The van der Waals surface area contributed by atoms with Crippen molar-refractivity contribution in [1.29, 1.82) is 0 Å². The highest BCUT2D eigenvalue weighted by atomic mass is 16.5. The number of H-pyrrole nitrogens is 1. The lowest BCUT2D eigenvalue weighted by molar-refractivity contribution is 0.0931. The third-order valence-corrected chi connectivity index (χ3v) is 3.08. The zero-order valence-corrected chi connectivity index (χ0v) is 11.2. The maximum absolute atomic E-state index is 12.2. The SMILES string of the molecule is COCCC(C)NC(=O)c1c[nH]c2cc(N)ccc12. The van der Waals surface area contributed by atoms with Crippen molar-refractivity contribution in [2.45, 2.75) is 19.4 Å². The fraction of sp³-hybridized carbons (Fsp3) is 0.357. The van der Waals surface area contributed by atoms with Gasteiger partial charge in [0.1, 0.15) is 0 Å². The summed E-state index contributed by atoms with van der Waals surface area (Å²) >= 11 is 0. The van der Waals surface area contributed by atoms with Crippen LogP contribution in [-0.4, -0.2) is 30.6 Å². The summed E-state index contributed by atoms with van der Waals surface area (Å²) in [5.74, 6) is -0.0837. The number of aromatic amines is 1. The van der Waals surface area contributed by atoms with Crippen LogP contribution >= 0.6 is 0 Å². The zero-order chi connectivity index (χ0) is 13.8. The van der Waals surface area contributed by atoms with Crippen LogP contribution in [-0.2, 0) is 4.74 Å². The first-order valence-electron chi connectivity index (χ1n) is 6.28. The number of hydrogen-bond acceptors (Lipinski definition) is 3. The Balaban J connectivity index is 2.13. The standard InChI is InChI=1S/C14H19N3O2/c1-9(5-6-19-2)17-14(18)12-8-16-13-7-10(15)3-4-11(12)13/h3-4,7-9,16H,5-6,15H2,1-2H3,(H,17,18). The summed E-state index contributed by atoms with van der Waals surface area (Å²) < 4.78 is 5.00. The first-order valence-corrected chi connectivity index (χ1v) is 6.28. The van der Waals surface area contributed by atoms with Crippen molar-refractivity contribution in [3.63, 3.8) is 0 Å². The number of hydrogen-bond donors (Lipinski definition) is 3. The van der Waals surface area contributed by atoms with Crippen molar-refractivity contribution >= 4 is 22.5 Å². The number of ether oxygens (including phenoxy) is 1. The molecule has 0 bridgehead atoms. The minimum absolute atomic E-state index is 0.0752. The monoisotopic (exact) mass is 261 g/mol. The van der Waals surface area contributed by atoms with Crippen molar-refractivity contribution in [2.24, 2.45) is 0 Å². The van der Waals surface area contributed by atoms with E-state index in [1.54, 1.807) is 19.4 Å². The number of carbonyl (C=O) groups is 1. The van der Waals surface area contributed by atoms with Gasteiger partial charge in [0.25, 0.3) is 5.91 Å². The van der Waals surface area contributed by atoms with Gasteiger partial charge in [0.05, 0.1) is 5.56 Å². The fourth-order valence-corrected chi connectivity index (χ4v) is 2.00. The second kappa shape index (κ2) is 5.75. The summed E-state index contributed by atoms with van der Waals surface area (Å²) in [6.45, 7) is 2.59. The van der Waals surface area contributed by atoms with E-state index in [0.29, 0.717) is 17.9 Å². The van der Waals surface area contributed by atoms with Crippen molar-refractivity contribution in [1.82, 2.24) is 10.3 Å². The van der Waals surface area contributed by atoms with Crippen molar-refractivity contribution < 1.29 is 9.53 Å². The molecule has 1 atom stereocenters. The lowest BCUT2D eigenvalue weighted by atomic mass is 10.1. The van der Waals surface area contributed by atoms with Gasteiger partial charge < -0.3 is 20.8 Å². The molecule has 1 amide bonds. The minimum Gasteiger partial charge on any atom is -0.399 e. The maximum atomic E-state index is 12.2. The summed E-state index contributed by atoms with van der Waals surface area (Å²) in [7, 11) is 1.65. The number of rotatable bonds is 5. The molecular weight excluding hydrogens is 242 g/mol. The molecule has 1 unspecified atom stereocenters. The van der Waals surface area contributed by atoms with E-state index in [2.05, 4.69) is 10.3 Å². The van der Waals surface area contributed by atoms with E-state index in [9.17, 15) is 4.79 Å². The van der Waals surface area contributed by atoms with Gasteiger partial charge in [-0.15, -0.1) is 0 Å². The summed E-state index contributed by atoms with van der Waals surface area (Å²) in [4.78, 5) is 15.2. The molecule has 0 radical (unpaired) electrons. The number of anilines is 1. The van der Waals surface area contributed by atoms with Crippen molar-refractivity contribution in [3.05, 3.63) is 30.0 Å². The van der Waals surface area contributed by atoms with Crippen molar-refractivity contribution in [2.75, 3.05) is 19.5 Å². The van der Waals surface area contributed by atoms with E-state index in [1.165, 1.54) is 0 Å². The van der Waals surface area contributed by atoms with Gasteiger partial charge in [0, 0.05) is 42.5 Å². The largest absolute Gasteiger partial charge is 0.399 e. The van der Waals surface area contributed by atoms with Crippen LogP contribution in [0.2, 0.25) is 0 Å². The first kappa shape index (κ1) is 13.4. The van der Waals surface area contributed by atoms with Gasteiger partial charge in [-0.05, 0) is 31.5 Å². The lowest BCUT2D eigenvalue weighted by Gasteiger charge is -2.12. The van der Waals surface area contributed by atoms with Gasteiger partial charge in [0.15, 0.2) is 0 Å². The number of nitrogens with one attached hydrogen (secondary N) is 2. The van der Waals surface area contributed by atoms with E-state index in [1.807, 2.05) is 19.1 Å². The number of methoxy groups -OCH3 is 1. The Morgan fingerprint density at radius 2 is 2.32 bits per heavy atom. The van der Waals surface area contributed by atoms with E-state index >= 15 is 0 Å². The summed E-state index contributed by atoms with van der Waals surface area (Å²) in [5.41, 5.74) is 7.89. The molecule has 5 heteroatoms. The third-order valence-electron chi connectivity index (χ3n) is 3.08. The van der Waals surface area contributed by atoms with Crippen LogP contribution in [0, 0.1) is 0 Å². The summed E-state index contributed by atoms with van der Waals surface area (Å²) in [6, 6.07) is 5.55. The first-order chi connectivity index (χ1) is 9.11. The van der Waals surface area contributed by atoms with Crippen LogP contribution in [0.25, 0.3) is 10.9 Å². The fourth-order valence-electron chi connectivity index (χ4n) is 2.00. The molecule has 0 saturated carbocycles. The van der Waals surface area contributed by atoms with Gasteiger partial charge in [-0.25, -0.2) is 0 Å². The number of nitrogen functional groups attached to an aromatic ring is 1. The Bertz CT molecular complexity index is 577. The quantitative estimate of drug-likeness (QED) is 0.719. The highest BCUT2D eigenvalue weighted by Crippen LogP contribution is 2.20. The second-order valence-corrected chi connectivity index (χ2v) is 4.66. The van der Waals surface area contributed by atoms with Crippen LogP contribution < -0.4 is 11.1 Å². The molecule has 0 aliphatic rings. The molecule has 19 heavy (non-hydrogen) atoms. The number of aromatic nitrogens is 1. The molecule has 4 N–H and O–H groups in total. The Labute approximate surface area is 112 Å². The molecule has 1 aromatic heterocycles. The number of benzene rings is 1. The Hall–Kier alpha value is -2.01. The Morgan fingerprint density at radius 3 is 3.05 bits per heavy atom. The van der Waals surface area contributed by atoms with Crippen LogP contribution in [0.3, 0.4) is 0 Å². The molecule has 0 aliphatic heterocycles. The van der Waals surface area contributed by atoms with Crippen LogP contribution in [0.1, 0.15) is 23.7 Å². The Morgan fingerprint density at radius 1 is 1.53 bits per heavy atom. The number of amides is 1. The minimum atomic E-state index is -0.0837. The maximum Gasteiger partial charge on any atom is 0.253 e. The number of fused-ring (bicyclic) bond motifs is 1. The van der Waals surface area contributed by atoms with Crippen LogP contribution in [0.4, 0.5) is 5.69 Å². The average molecular weight is 261 g/mol. The van der Waals surface area contributed by atoms with Gasteiger partial charge >= 0.3 is 0 Å². The lowest BCUT2D eigenvalue weighted by Crippen LogP contribution is -2.33. The van der Waals surface area contributed by atoms with Crippen LogP contribution in [0.15, 0.2) is 24.4 Å². The number of carbonyl (C=O) groups excluding carboxylic acids is 1. The Kier molecular flexibility index (Phi) is 4.06. The normalized spacial score (nSPS) is 12.5.